The second-order valence-electron chi connectivity index (χ2n) is 9.50. The predicted octanol–water partition coefficient (Wildman–Crippen LogP) is 3.56. The summed E-state index contributed by atoms with van der Waals surface area (Å²) in [6.45, 7) is 10.9. The summed E-state index contributed by atoms with van der Waals surface area (Å²) in [6.07, 6.45) is 6.09. The van der Waals surface area contributed by atoms with Crippen molar-refractivity contribution in [3.63, 3.8) is 0 Å². The molecule has 0 bridgehead atoms. The molecule has 1 unspecified atom stereocenters. The van der Waals surface area contributed by atoms with Crippen molar-refractivity contribution in [1.29, 1.82) is 0 Å². The molecule has 2 aliphatic rings. The second-order valence-corrected chi connectivity index (χ2v) is 9.50. The van der Waals surface area contributed by atoms with E-state index >= 15 is 0 Å². The Hall–Kier alpha value is -3.68. The van der Waals surface area contributed by atoms with Crippen LogP contribution in [0.4, 0.5) is 16.2 Å². The van der Waals surface area contributed by atoms with E-state index in [0.29, 0.717) is 19.5 Å². The van der Waals surface area contributed by atoms with Crippen LogP contribution in [0.15, 0.2) is 43.0 Å². The van der Waals surface area contributed by atoms with Crippen LogP contribution >= 0.6 is 0 Å². The normalized spacial score (nSPS) is 19.6. The van der Waals surface area contributed by atoms with Gasteiger partial charge in [-0.15, -0.1) is 0 Å². The number of ether oxygens (including phenoxy) is 1. The highest BCUT2D eigenvalue weighted by molar-refractivity contribution is 5.76. The van der Waals surface area contributed by atoms with Gasteiger partial charge in [0.05, 0.1) is 6.33 Å². The third kappa shape index (κ3) is 3.83. The first-order chi connectivity index (χ1) is 16.3. The molecule has 1 aromatic heterocycles. The van der Waals surface area contributed by atoms with E-state index in [-0.39, 0.29) is 6.03 Å². The maximum absolute atomic E-state index is 13.1. The Labute approximate surface area is 200 Å². The fourth-order valence-electron chi connectivity index (χ4n) is 4.95. The summed E-state index contributed by atoms with van der Waals surface area (Å²) in [4.78, 5) is 21.4. The molecule has 178 valence electrons. The molecular formula is C26H32N6O2. The number of carbonyl (C=O) groups excluding carboxylic acids is 1. The molecule has 1 fully saturated rings. The van der Waals surface area contributed by atoms with Gasteiger partial charge in [0.1, 0.15) is 5.75 Å². The summed E-state index contributed by atoms with van der Waals surface area (Å²) < 4.78 is 8.29. The number of imidazole rings is 1. The van der Waals surface area contributed by atoms with Crippen LogP contribution in [0, 0.1) is 20.8 Å². The van der Waals surface area contributed by atoms with Crippen molar-refractivity contribution in [2.24, 2.45) is 0 Å². The predicted molar refractivity (Wildman–Crippen MR) is 134 cm³/mol. The molecule has 1 atom stereocenters. The molecule has 8 heteroatoms. The molecule has 1 saturated heterocycles. The Balaban J connectivity index is 1.20. The van der Waals surface area contributed by atoms with Crippen molar-refractivity contribution >= 4 is 17.4 Å². The van der Waals surface area contributed by atoms with Crippen LogP contribution in [0.5, 0.6) is 5.75 Å². The number of urea groups is 1. The number of nitrogens with one attached hydrogen (secondary N) is 1. The summed E-state index contributed by atoms with van der Waals surface area (Å²) in [6, 6.07) is 8.32. The first kappa shape index (κ1) is 22.1. The molecule has 2 amide bonds. The van der Waals surface area contributed by atoms with E-state index in [4.69, 9.17) is 10.5 Å². The number of hydrogen-bond donors (Lipinski definition) is 2. The first-order valence-corrected chi connectivity index (χ1v) is 11.7. The summed E-state index contributed by atoms with van der Waals surface area (Å²) in [5.41, 5.74) is 12.8. The van der Waals surface area contributed by atoms with Gasteiger partial charge in [-0.05, 0) is 68.7 Å². The minimum Gasteiger partial charge on any atom is -0.467 e. The molecule has 0 spiro atoms. The van der Waals surface area contributed by atoms with Gasteiger partial charge in [0, 0.05) is 67.6 Å². The number of carbonyl (C=O) groups is 1. The van der Waals surface area contributed by atoms with Crippen LogP contribution < -0.4 is 20.7 Å². The quantitative estimate of drug-likeness (QED) is 0.584. The van der Waals surface area contributed by atoms with Gasteiger partial charge in [-0.25, -0.2) is 9.78 Å². The van der Waals surface area contributed by atoms with Gasteiger partial charge >= 0.3 is 6.03 Å². The lowest BCUT2D eigenvalue weighted by molar-refractivity contribution is 0.0757. The van der Waals surface area contributed by atoms with Gasteiger partial charge in [0.25, 0.3) is 0 Å². The van der Waals surface area contributed by atoms with Gasteiger partial charge in [-0.3, -0.25) is 5.32 Å². The number of piperazine rings is 1. The fourth-order valence-corrected chi connectivity index (χ4v) is 4.95. The number of hydrogen-bond acceptors (Lipinski definition) is 5. The average Bonchev–Trinajstić information content (AvgIpc) is 3.50. The highest BCUT2D eigenvalue weighted by atomic mass is 16.5. The minimum absolute atomic E-state index is 0.0922. The summed E-state index contributed by atoms with van der Waals surface area (Å²) in [5, 5.41) is 3.14. The van der Waals surface area contributed by atoms with Crippen molar-refractivity contribution in [2.45, 2.75) is 39.8 Å². The Morgan fingerprint density at radius 3 is 2.35 bits per heavy atom. The van der Waals surface area contributed by atoms with E-state index in [1.54, 1.807) is 12.5 Å². The smallest absolute Gasteiger partial charge is 0.320 e. The molecular weight excluding hydrogens is 428 g/mol. The van der Waals surface area contributed by atoms with Crippen LogP contribution in [-0.2, 0) is 6.42 Å². The monoisotopic (exact) mass is 460 g/mol. The van der Waals surface area contributed by atoms with Crippen LogP contribution in [0.1, 0.15) is 29.2 Å². The zero-order chi connectivity index (χ0) is 24.0. The fraction of sp³-hybridized carbons (Fsp3) is 0.385. The van der Waals surface area contributed by atoms with E-state index in [0.717, 1.165) is 58.2 Å². The summed E-state index contributed by atoms with van der Waals surface area (Å²) in [7, 11) is 0. The molecule has 5 rings (SSSR count). The van der Waals surface area contributed by atoms with Gasteiger partial charge in [0.15, 0.2) is 5.72 Å². The van der Waals surface area contributed by atoms with Crippen LogP contribution in [0.25, 0.3) is 5.69 Å². The highest BCUT2D eigenvalue weighted by Gasteiger charge is 2.40. The number of anilines is 2. The molecule has 0 aliphatic carbocycles. The zero-order valence-corrected chi connectivity index (χ0v) is 20.3. The standard InChI is InChI=1S/C26H32N6O2/c1-17-18(2)24-22(19(3)23(17)27)15-26(4,34-24)29-25(33)31-13-11-30(12-14-31)20-5-7-21(8-6-20)32-10-9-28-16-32/h5-10,16H,11-15,27H2,1-4H3,(H,29,33). The largest absolute Gasteiger partial charge is 0.467 e. The number of benzene rings is 2. The van der Waals surface area contributed by atoms with Crippen LogP contribution in [0.3, 0.4) is 0 Å². The molecule has 3 heterocycles. The second kappa shape index (κ2) is 8.27. The third-order valence-corrected chi connectivity index (χ3v) is 7.23. The lowest BCUT2D eigenvalue weighted by atomic mass is 9.94. The van der Waals surface area contributed by atoms with E-state index in [1.807, 2.05) is 43.4 Å². The van der Waals surface area contributed by atoms with Gasteiger partial charge in [-0.2, -0.15) is 0 Å². The lowest BCUT2D eigenvalue weighted by Crippen LogP contribution is -2.58. The van der Waals surface area contributed by atoms with E-state index in [2.05, 4.69) is 39.5 Å². The van der Waals surface area contributed by atoms with Crippen molar-refractivity contribution in [1.82, 2.24) is 19.8 Å². The third-order valence-electron chi connectivity index (χ3n) is 7.23. The molecule has 2 aliphatic heterocycles. The number of aromatic nitrogens is 2. The molecule has 8 nitrogen and oxygen atoms in total. The summed E-state index contributed by atoms with van der Waals surface area (Å²) >= 11 is 0. The van der Waals surface area contributed by atoms with Gasteiger partial charge in [-0.1, -0.05) is 0 Å². The van der Waals surface area contributed by atoms with Crippen molar-refractivity contribution in [3.8, 4) is 11.4 Å². The molecule has 2 aromatic carbocycles. The number of nitrogen functional groups attached to an aromatic ring is 1. The molecule has 3 N–H and O–H groups in total. The lowest BCUT2D eigenvalue weighted by Gasteiger charge is -2.37. The number of amides is 2. The number of nitrogens with two attached hydrogens (primary N) is 1. The molecule has 0 saturated carbocycles. The Bertz CT molecular complexity index is 1170. The van der Waals surface area contributed by atoms with E-state index in [1.165, 1.54) is 0 Å². The van der Waals surface area contributed by atoms with Crippen molar-refractivity contribution in [3.05, 3.63) is 65.2 Å². The minimum atomic E-state index is -0.782. The number of fused-ring (bicyclic) bond motifs is 1. The molecule has 34 heavy (non-hydrogen) atoms. The van der Waals surface area contributed by atoms with Gasteiger partial charge in [0.2, 0.25) is 0 Å². The topological polar surface area (TPSA) is 88.7 Å². The first-order valence-electron chi connectivity index (χ1n) is 11.7. The highest BCUT2D eigenvalue weighted by Crippen LogP contribution is 2.42. The van der Waals surface area contributed by atoms with Crippen LogP contribution in [0.2, 0.25) is 0 Å². The molecule has 3 aromatic rings. The zero-order valence-electron chi connectivity index (χ0n) is 20.3. The Kier molecular flexibility index (Phi) is 5.38. The van der Waals surface area contributed by atoms with E-state index in [9.17, 15) is 4.79 Å². The number of nitrogens with zero attached hydrogens (tertiary/aromatic N) is 4. The van der Waals surface area contributed by atoms with Crippen molar-refractivity contribution < 1.29 is 9.53 Å². The van der Waals surface area contributed by atoms with E-state index < -0.39 is 5.72 Å². The maximum Gasteiger partial charge on any atom is 0.320 e. The maximum atomic E-state index is 13.1. The Morgan fingerprint density at radius 1 is 1.03 bits per heavy atom. The number of rotatable bonds is 3. The summed E-state index contributed by atoms with van der Waals surface area (Å²) in [5.74, 6) is 0.857. The van der Waals surface area contributed by atoms with Crippen LogP contribution in [-0.4, -0.2) is 52.4 Å². The van der Waals surface area contributed by atoms with Gasteiger partial charge < -0.3 is 24.8 Å². The average molecular weight is 461 g/mol. The Morgan fingerprint density at radius 2 is 1.71 bits per heavy atom. The molecule has 0 radical (unpaired) electrons. The van der Waals surface area contributed by atoms with Crippen molar-refractivity contribution in [2.75, 3.05) is 36.8 Å². The SMILES string of the molecule is Cc1c(C)c2c(c(C)c1N)CC(C)(NC(=O)N1CCN(c3ccc(-n4ccnc4)cc3)CC1)O2.